The molecule has 0 saturated heterocycles. The molecule has 0 unspecified atom stereocenters. The topological polar surface area (TPSA) is 130 Å². The van der Waals surface area contributed by atoms with E-state index < -0.39 is 30.8 Å². The minimum Gasteiger partial charge on any atom is -0.428 e. The van der Waals surface area contributed by atoms with Crippen molar-refractivity contribution in [1.29, 1.82) is 0 Å². The van der Waals surface area contributed by atoms with E-state index >= 15 is 0 Å². The van der Waals surface area contributed by atoms with Crippen molar-refractivity contribution in [3.63, 3.8) is 0 Å². The third kappa shape index (κ3) is 9.81. The highest BCUT2D eigenvalue weighted by molar-refractivity contribution is 5.94. The van der Waals surface area contributed by atoms with Gasteiger partial charge < -0.3 is 20.1 Å². The maximum atomic E-state index is 13.3. The zero-order valence-electron chi connectivity index (χ0n) is 22.9. The summed E-state index contributed by atoms with van der Waals surface area (Å²) in [5, 5.41) is 3.55. The van der Waals surface area contributed by atoms with Gasteiger partial charge in [0, 0.05) is 37.7 Å². The lowest BCUT2D eigenvalue weighted by Gasteiger charge is -2.31. The molecule has 0 spiro atoms. The number of amides is 1. The highest BCUT2D eigenvalue weighted by atomic mass is 19.3. The molecule has 2 aromatic heterocycles. The van der Waals surface area contributed by atoms with Gasteiger partial charge in [0.05, 0.1) is 23.9 Å². The second kappa shape index (κ2) is 14.1. The summed E-state index contributed by atoms with van der Waals surface area (Å²) in [7, 11) is 1.65. The fourth-order valence-corrected chi connectivity index (χ4v) is 4.24. The summed E-state index contributed by atoms with van der Waals surface area (Å²) in [4.78, 5) is 42.4. The molecule has 0 aliphatic heterocycles. The van der Waals surface area contributed by atoms with Crippen LogP contribution in [0.5, 0.6) is 0 Å². The SMILES string of the molecule is CN(C[C@@H](Cc1ccccc1)CC(C)(C)OC(=O)OC(=O)CN)C(=O)c1cncc(C#Cc2cnn(C(F)F)c2)c1. The Morgan fingerprint density at radius 1 is 1.10 bits per heavy atom. The van der Waals surface area contributed by atoms with Crippen LogP contribution in [0.15, 0.2) is 61.2 Å². The first kappa shape index (κ1) is 30.9. The number of nitrogens with two attached hydrogens (primary N) is 1. The predicted molar refractivity (Wildman–Crippen MR) is 145 cm³/mol. The van der Waals surface area contributed by atoms with E-state index in [1.165, 1.54) is 18.6 Å². The Kier molecular flexibility index (Phi) is 10.7. The van der Waals surface area contributed by atoms with E-state index in [1.807, 2.05) is 30.3 Å². The number of halogens is 2. The Balaban J connectivity index is 1.73. The molecule has 41 heavy (non-hydrogen) atoms. The molecule has 0 fully saturated rings. The van der Waals surface area contributed by atoms with Crippen molar-refractivity contribution in [3.05, 3.63) is 83.4 Å². The largest absolute Gasteiger partial charge is 0.516 e. The first-order valence-electron chi connectivity index (χ1n) is 12.7. The number of carbonyl (C=O) groups is 3. The fraction of sp³-hybridized carbons (Fsp3) is 0.345. The molecule has 1 atom stereocenters. The molecule has 0 bridgehead atoms. The molecule has 0 radical (unpaired) electrons. The predicted octanol–water partition coefficient (Wildman–Crippen LogP) is 3.81. The van der Waals surface area contributed by atoms with Crippen molar-refractivity contribution in [2.45, 2.75) is 38.8 Å². The zero-order chi connectivity index (χ0) is 30.0. The molecule has 0 saturated carbocycles. The molecule has 0 aliphatic rings. The van der Waals surface area contributed by atoms with E-state index in [0.29, 0.717) is 40.8 Å². The van der Waals surface area contributed by atoms with Crippen molar-refractivity contribution in [2.75, 3.05) is 20.1 Å². The van der Waals surface area contributed by atoms with Gasteiger partial charge in [0.15, 0.2) is 0 Å². The van der Waals surface area contributed by atoms with Gasteiger partial charge in [-0.1, -0.05) is 42.2 Å². The van der Waals surface area contributed by atoms with E-state index in [2.05, 4.69) is 26.7 Å². The van der Waals surface area contributed by atoms with Crippen LogP contribution in [0.1, 0.15) is 53.9 Å². The Bertz CT molecular complexity index is 1420. The Hall–Kier alpha value is -4.63. The van der Waals surface area contributed by atoms with E-state index in [0.717, 1.165) is 11.8 Å². The van der Waals surface area contributed by atoms with Gasteiger partial charge in [0.25, 0.3) is 5.91 Å². The summed E-state index contributed by atoms with van der Waals surface area (Å²) in [5.41, 5.74) is 6.21. The lowest BCUT2D eigenvalue weighted by atomic mass is 9.88. The van der Waals surface area contributed by atoms with Crippen molar-refractivity contribution in [3.8, 4) is 11.8 Å². The normalized spacial score (nSPS) is 11.8. The van der Waals surface area contributed by atoms with Gasteiger partial charge in [0.2, 0.25) is 0 Å². The van der Waals surface area contributed by atoms with Crippen LogP contribution in [-0.4, -0.2) is 63.4 Å². The van der Waals surface area contributed by atoms with Crippen LogP contribution >= 0.6 is 0 Å². The summed E-state index contributed by atoms with van der Waals surface area (Å²) >= 11 is 0. The van der Waals surface area contributed by atoms with Crippen LogP contribution in [0.25, 0.3) is 0 Å². The van der Waals surface area contributed by atoms with E-state index in [-0.39, 0.29) is 11.8 Å². The molecule has 3 aromatic rings. The number of carbonyl (C=O) groups excluding carboxylic acids is 3. The minimum atomic E-state index is -2.76. The molecule has 12 heteroatoms. The van der Waals surface area contributed by atoms with Crippen LogP contribution in [0.2, 0.25) is 0 Å². The Labute approximate surface area is 236 Å². The van der Waals surface area contributed by atoms with Crippen molar-refractivity contribution < 1.29 is 32.6 Å². The number of alkyl halides is 2. The molecule has 2 N–H and O–H groups in total. The smallest absolute Gasteiger partial charge is 0.428 e. The first-order valence-corrected chi connectivity index (χ1v) is 12.7. The lowest BCUT2D eigenvalue weighted by molar-refractivity contribution is -0.140. The number of hydrogen-bond donors (Lipinski definition) is 1. The zero-order valence-corrected chi connectivity index (χ0v) is 22.9. The van der Waals surface area contributed by atoms with E-state index in [1.54, 1.807) is 31.9 Å². The average Bonchev–Trinajstić information content (AvgIpc) is 3.41. The molecular weight excluding hydrogens is 536 g/mol. The van der Waals surface area contributed by atoms with Gasteiger partial charge in [-0.2, -0.15) is 13.9 Å². The molecular formula is C29H31F2N5O5. The van der Waals surface area contributed by atoms with Gasteiger partial charge in [0.1, 0.15) is 5.60 Å². The standard InChI is InChI=1S/C29H31F2N5O5/c1-29(2,41-28(39)40-25(37)14-32)13-23(11-20-7-5-4-6-8-20)18-35(3)26(38)24-12-21(15-33-17-24)9-10-22-16-34-36(19-22)27(30)31/h4-8,12,15-17,19,23,27H,11,13-14,18,32H2,1-3H3/t23-/m0/s1. The highest BCUT2D eigenvalue weighted by Crippen LogP contribution is 2.25. The molecule has 0 aliphatic carbocycles. The fourth-order valence-electron chi connectivity index (χ4n) is 4.24. The molecule has 216 valence electrons. The lowest BCUT2D eigenvalue weighted by Crippen LogP contribution is -2.38. The van der Waals surface area contributed by atoms with Crippen LogP contribution in [-0.2, 0) is 20.7 Å². The number of benzene rings is 1. The Morgan fingerprint density at radius 2 is 1.80 bits per heavy atom. The highest BCUT2D eigenvalue weighted by Gasteiger charge is 2.30. The summed E-state index contributed by atoms with van der Waals surface area (Å²) < 4.78 is 35.9. The molecule has 1 aromatic carbocycles. The monoisotopic (exact) mass is 567 g/mol. The maximum absolute atomic E-state index is 13.3. The summed E-state index contributed by atoms with van der Waals surface area (Å²) in [5.74, 6) is 4.19. The van der Waals surface area contributed by atoms with Crippen molar-refractivity contribution in [1.82, 2.24) is 19.7 Å². The minimum absolute atomic E-state index is 0.151. The number of pyridine rings is 1. The number of ether oxygens (including phenoxy) is 2. The molecule has 10 nitrogen and oxygen atoms in total. The first-order chi connectivity index (χ1) is 19.5. The van der Waals surface area contributed by atoms with Crippen LogP contribution < -0.4 is 5.73 Å². The number of rotatable bonds is 10. The molecule has 1 amide bonds. The number of aromatic nitrogens is 3. The van der Waals surface area contributed by atoms with E-state index in [4.69, 9.17) is 10.5 Å². The average molecular weight is 568 g/mol. The van der Waals surface area contributed by atoms with Crippen molar-refractivity contribution >= 4 is 18.0 Å². The third-order valence-electron chi connectivity index (χ3n) is 5.89. The summed E-state index contributed by atoms with van der Waals surface area (Å²) in [6, 6.07) is 11.2. The maximum Gasteiger partial charge on any atom is 0.516 e. The second-order valence-corrected chi connectivity index (χ2v) is 9.93. The quantitative estimate of drug-likeness (QED) is 0.222. The number of esters is 1. The van der Waals surface area contributed by atoms with E-state index in [9.17, 15) is 23.2 Å². The Morgan fingerprint density at radius 3 is 2.46 bits per heavy atom. The number of nitrogens with zero attached hydrogens (tertiary/aromatic N) is 4. The molecule has 3 rings (SSSR count). The van der Waals surface area contributed by atoms with Crippen LogP contribution in [0.3, 0.4) is 0 Å². The number of hydrogen-bond acceptors (Lipinski definition) is 8. The third-order valence-corrected chi connectivity index (χ3v) is 5.89. The van der Waals surface area contributed by atoms with Gasteiger partial charge in [-0.25, -0.2) is 9.48 Å². The molecule has 2 heterocycles. The van der Waals surface area contributed by atoms with Gasteiger partial charge in [-0.05, 0) is 44.2 Å². The van der Waals surface area contributed by atoms with Crippen LogP contribution in [0.4, 0.5) is 13.6 Å². The van der Waals surface area contributed by atoms with Crippen LogP contribution in [0, 0.1) is 17.8 Å². The summed E-state index contributed by atoms with van der Waals surface area (Å²) in [6.07, 6.45) is 5.03. The van der Waals surface area contributed by atoms with Gasteiger partial charge in [-0.3, -0.25) is 14.6 Å². The van der Waals surface area contributed by atoms with Gasteiger partial charge in [-0.15, -0.1) is 0 Å². The van der Waals surface area contributed by atoms with Crippen molar-refractivity contribution in [2.24, 2.45) is 11.7 Å². The summed E-state index contributed by atoms with van der Waals surface area (Å²) in [6.45, 7) is 0.473. The van der Waals surface area contributed by atoms with Gasteiger partial charge >= 0.3 is 18.7 Å². The second-order valence-electron chi connectivity index (χ2n) is 9.93.